The van der Waals surface area contributed by atoms with Crippen molar-refractivity contribution in [1.29, 1.82) is 0 Å². The highest BCUT2D eigenvalue weighted by molar-refractivity contribution is 6.30. The minimum Gasteiger partial charge on any atom is -0.376 e. The first-order chi connectivity index (χ1) is 13.0. The predicted molar refractivity (Wildman–Crippen MR) is 108 cm³/mol. The topological polar surface area (TPSA) is 65.2 Å². The summed E-state index contributed by atoms with van der Waals surface area (Å²) in [6, 6.07) is 13.2. The molecule has 1 amide bonds. The van der Waals surface area contributed by atoms with Crippen molar-refractivity contribution in [1.82, 2.24) is 9.88 Å². The molecule has 27 heavy (non-hydrogen) atoms. The average Bonchev–Trinajstić information content (AvgIpc) is 2.66. The molecular weight excluding hydrogens is 362 g/mol. The van der Waals surface area contributed by atoms with Gasteiger partial charge < -0.3 is 15.2 Å². The van der Waals surface area contributed by atoms with E-state index in [0.29, 0.717) is 11.9 Å². The lowest BCUT2D eigenvalue weighted by Crippen LogP contribution is -2.41. The van der Waals surface area contributed by atoms with Gasteiger partial charge in [0.1, 0.15) is 0 Å². The van der Waals surface area contributed by atoms with Gasteiger partial charge in [0, 0.05) is 28.8 Å². The second-order valence-corrected chi connectivity index (χ2v) is 7.26. The molecule has 0 spiro atoms. The van der Waals surface area contributed by atoms with Crippen molar-refractivity contribution in [2.45, 2.75) is 19.4 Å². The van der Waals surface area contributed by atoms with Crippen LogP contribution in [0.2, 0.25) is 5.02 Å². The third kappa shape index (κ3) is 3.43. The lowest BCUT2D eigenvalue weighted by molar-refractivity contribution is -0.131. The first-order valence-corrected chi connectivity index (χ1v) is 9.34. The van der Waals surface area contributed by atoms with E-state index < -0.39 is 0 Å². The standard InChI is InChI=1S/C21H20ClN3O2/c1-13-18-4-2-16(22)10-15(18)7-9-25(13)20(26)12-24-17-3-5-19-14(11-17)6-8-23-21(19)27/h2-6,8,10-11,13,24H,7,9,12H2,1H3,(H,23,27)/t13-/m0/s1. The van der Waals surface area contributed by atoms with E-state index in [1.54, 1.807) is 12.3 Å². The van der Waals surface area contributed by atoms with Crippen molar-refractivity contribution >= 4 is 34.0 Å². The summed E-state index contributed by atoms with van der Waals surface area (Å²) in [6.07, 6.45) is 2.43. The number of aromatic amines is 1. The Bertz CT molecular complexity index is 1080. The maximum absolute atomic E-state index is 12.8. The van der Waals surface area contributed by atoms with E-state index in [-0.39, 0.29) is 24.1 Å². The molecule has 0 radical (unpaired) electrons. The smallest absolute Gasteiger partial charge is 0.255 e. The van der Waals surface area contributed by atoms with Gasteiger partial charge in [0.15, 0.2) is 0 Å². The van der Waals surface area contributed by atoms with Gasteiger partial charge in [-0.05, 0) is 66.3 Å². The normalized spacial score (nSPS) is 16.2. The Morgan fingerprint density at radius 2 is 2.11 bits per heavy atom. The number of H-pyrrole nitrogens is 1. The fraction of sp³-hybridized carbons (Fsp3) is 0.238. The van der Waals surface area contributed by atoms with Crippen LogP contribution in [0.4, 0.5) is 5.69 Å². The molecule has 0 fully saturated rings. The third-order valence-corrected chi connectivity index (χ3v) is 5.42. The number of nitrogens with zero attached hydrogens (tertiary/aromatic N) is 1. The summed E-state index contributed by atoms with van der Waals surface area (Å²) in [5.74, 6) is 0.0501. The molecule has 1 atom stereocenters. The molecule has 6 heteroatoms. The summed E-state index contributed by atoms with van der Waals surface area (Å²) in [5.41, 5.74) is 3.07. The molecule has 2 N–H and O–H groups in total. The highest BCUT2D eigenvalue weighted by Crippen LogP contribution is 2.31. The molecular formula is C21H20ClN3O2. The number of amides is 1. The van der Waals surface area contributed by atoms with Crippen LogP contribution in [0.25, 0.3) is 10.8 Å². The lowest BCUT2D eigenvalue weighted by Gasteiger charge is -2.35. The summed E-state index contributed by atoms with van der Waals surface area (Å²) in [7, 11) is 0. The van der Waals surface area contributed by atoms with Crippen LogP contribution in [-0.2, 0) is 11.2 Å². The fourth-order valence-electron chi connectivity index (χ4n) is 3.72. The number of aromatic nitrogens is 1. The van der Waals surface area contributed by atoms with Gasteiger partial charge in [-0.3, -0.25) is 9.59 Å². The molecule has 0 aliphatic carbocycles. The minimum absolute atomic E-state index is 0.0236. The summed E-state index contributed by atoms with van der Waals surface area (Å²) in [6.45, 7) is 2.94. The molecule has 1 aliphatic rings. The molecule has 138 valence electrons. The van der Waals surface area contributed by atoms with E-state index in [2.05, 4.69) is 10.3 Å². The van der Waals surface area contributed by atoms with Crippen LogP contribution in [0.5, 0.6) is 0 Å². The number of halogens is 1. The number of carbonyl (C=O) groups excluding carboxylic acids is 1. The summed E-state index contributed by atoms with van der Waals surface area (Å²) in [4.78, 5) is 29.1. The molecule has 1 aromatic heterocycles. The summed E-state index contributed by atoms with van der Waals surface area (Å²) < 4.78 is 0. The molecule has 2 aromatic carbocycles. The lowest BCUT2D eigenvalue weighted by atomic mass is 9.93. The van der Waals surface area contributed by atoms with Gasteiger partial charge in [-0.15, -0.1) is 0 Å². The van der Waals surface area contributed by atoms with Crippen molar-refractivity contribution < 1.29 is 4.79 Å². The molecule has 0 unspecified atom stereocenters. The SMILES string of the molecule is C[C@H]1c2ccc(Cl)cc2CCN1C(=O)CNc1ccc2c(=O)[nH]ccc2c1. The van der Waals surface area contributed by atoms with Gasteiger partial charge in [-0.25, -0.2) is 0 Å². The van der Waals surface area contributed by atoms with E-state index in [9.17, 15) is 9.59 Å². The predicted octanol–water partition coefficient (Wildman–Crippen LogP) is 3.74. The zero-order valence-electron chi connectivity index (χ0n) is 15.0. The molecule has 0 bridgehead atoms. The van der Waals surface area contributed by atoms with Crippen LogP contribution in [-0.4, -0.2) is 28.9 Å². The molecule has 3 aromatic rings. The minimum atomic E-state index is -0.115. The van der Waals surface area contributed by atoms with Gasteiger partial charge in [-0.2, -0.15) is 0 Å². The van der Waals surface area contributed by atoms with Gasteiger partial charge in [0.25, 0.3) is 5.56 Å². The average molecular weight is 382 g/mol. The zero-order valence-corrected chi connectivity index (χ0v) is 15.7. The quantitative estimate of drug-likeness (QED) is 0.726. The Balaban J connectivity index is 1.47. The Kier molecular flexibility index (Phi) is 4.62. The Morgan fingerprint density at radius 3 is 2.96 bits per heavy atom. The van der Waals surface area contributed by atoms with Gasteiger partial charge in [-0.1, -0.05) is 17.7 Å². The molecule has 0 saturated carbocycles. The Labute approximate surface area is 162 Å². The number of fused-ring (bicyclic) bond motifs is 2. The van der Waals surface area contributed by atoms with Crippen molar-refractivity contribution in [3.05, 3.63) is 75.2 Å². The van der Waals surface area contributed by atoms with E-state index in [1.807, 2.05) is 48.2 Å². The summed E-state index contributed by atoms with van der Waals surface area (Å²) >= 11 is 6.08. The Morgan fingerprint density at radius 1 is 1.26 bits per heavy atom. The van der Waals surface area contributed by atoms with Gasteiger partial charge in [0.05, 0.1) is 12.6 Å². The third-order valence-electron chi connectivity index (χ3n) is 5.18. The van der Waals surface area contributed by atoms with Crippen LogP contribution in [0, 0.1) is 0 Å². The number of rotatable bonds is 3. The van der Waals surface area contributed by atoms with Crippen LogP contribution in [0.1, 0.15) is 24.1 Å². The van der Waals surface area contributed by atoms with Crippen molar-refractivity contribution in [2.24, 2.45) is 0 Å². The van der Waals surface area contributed by atoms with E-state index in [1.165, 1.54) is 5.56 Å². The number of benzene rings is 2. The number of hydrogen-bond acceptors (Lipinski definition) is 3. The van der Waals surface area contributed by atoms with Crippen LogP contribution >= 0.6 is 11.6 Å². The summed E-state index contributed by atoms with van der Waals surface area (Å²) in [5, 5.41) is 5.39. The largest absolute Gasteiger partial charge is 0.376 e. The second-order valence-electron chi connectivity index (χ2n) is 6.82. The van der Waals surface area contributed by atoms with Crippen molar-refractivity contribution in [3.8, 4) is 0 Å². The van der Waals surface area contributed by atoms with Gasteiger partial charge in [0.2, 0.25) is 5.91 Å². The maximum atomic E-state index is 12.8. The van der Waals surface area contributed by atoms with E-state index in [4.69, 9.17) is 11.6 Å². The highest BCUT2D eigenvalue weighted by Gasteiger charge is 2.27. The Hall–Kier alpha value is -2.79. The first kappa shape index (κ1) is 17.6. The fourth-order valence-corrected chi connectivity index (χ4v) is 3.92. The number of carbonyl (C=O) groups is 1. The zero-order chi connectivity index (χ0) is 19.0. The van der Waals surface area contributed by atoms with Gasteiger partial charge >= 0.3 is 0 Å². The molecule has 1 aliphatic heterocycles. The van der Waals surface area contributed by atoms with E-state index >= 15 is 0 Å². The van der Waals surface area contributed by atoms with Crippen LogP contribution in [0.3, 0.4) is 0 Å². The van der Waals surface area contributed by atoms with E-state index in [0.717, 1.165) is 28.1 Å². The monoisotopic (exact) mass is 381 g/mol. The second kappa shape index (κ2) is 7.08. The highest BCUT2D eigenvalue weighted by atomic mass is 35.5. The molecule has 2 heterocycles. The maximum Gasteiger partial charge on any atom is 0.255 e. The van der Waals surface area contributed by atoms with Crippen molar-refractivity contribution in [2.75, 3.05) is 18.4 Å². The van der Waals surface area contributed by atoms with Crippen LogP contribution < -0.4 is 10.9 Å². The number of pyridine rings is 1. The van der Waals surface area contributed by atoms with Crippen molar-refractivity contribution in [3.63, 3.8) is 0 Å². The first-order valence-electron chi connectivity index (χ1n) is 8.96. The molecule has 4 rings (SSSR count). The number of nitrogens with one attached hydrogen (secondary N) is 2. The number of anilines is 1. The van der Waals surface area contributed by atoms with Crippen LogP contribution in [0.15, 0.2) is 53.5 Å². The molecule has 5 nitrogen and oxygen atoms in total. The molecule has 0 saturated heterocycles. The number of hydrogen-bond donors (Lipinski definition) is 2.